The molecule has 3 heteroatoms. The lowest BCUT2D eigenvalue weighted by Gasteiger charge is -2.18. The van der Waals surface area contributed by atoms with Crippen molar-refractivity contribution in [2.75, 3.05) is 6.61 Å². The van der Waals surface area contributed by atoms with Crippen molar-refractivity contribution in [1.82, 2.24) is 0 Å². The highest BCUT2D eigenvalue weighted by atomic mass is 16.3. The first-order valence-electron chi connectivity index (χ1n) is 9.84. The van der Waals surface area contributed by atoms with E-state index in [0.29, 0.717) is 6.42 Å². The molecule has 0 rings (SSSR count). The highest BCUT2D eigenvalue weighted by molar-refractivity contribution is 5.07. The first kappa shape index (κ1) is 22.6. The summed E-state index contributed by atoms with van der Waals surface area (Å²) in [6.07, 6.45) is 17.9. The van der Waals surface area contributed by atoms with Crippen LogP contribution in [-0.4, -0.2) is 29.0 Å². The van der Waals surface area contributed by atoms with Gasteiger partial charge in [0.15, 0.2) is 0 Å². The Hall–Kier alpha value is -0.380. The lowest BCUT2D eigenvalue weighted by atomic mass is 10.00. The Morgan fingerprint density at radius 1 is 0.913 bits per heavy atom. The fourth-order valence-electron chi connectivity index (χ4n) is 2.90. The Bertz CT molecular complexity index is 279. The van der Waals surface area contributed by atoms with Crippen molar-refractivity contribution in [2.24, 2.45) is 5.73 Å². The Balaban J connectivity index is 3.45. The van der Waals surface area contributed by atoms with Gasteiger partial charge in [0, 0.05) is 12.6 Å². The molecule has 0 unspecified atom stereocenters. The average molecular weight is 328 g/mol. The fourth-order valence-corrected chi connectivity index (χ4v) is 2.90. The van der Waals surface area contributed by atoms with E-state index >= 15 is 0 Å². The van der Waals surface area contributed by atoms with Crippen LogP contribution in [-0.2, 0) is 0 Å². The minimum atomic E-state index is -0.616. The zero-order valence-electron chi connectivity index (χ0n) is 15.6. The molecule has 2 atom stereocenters. The summed E-state index contributed by atoms with van der Waals surface area (Å²) in [5, 5.41) is 18.8. The number of nitrogens with two attached hydrogens (primary N) is 1. The lowest BCUT2D eigenvalue weighted by Crippen LogP contribution is -2.36. The first-order chi connectivity index (χ1) is 11.1. The molecule has 23 heavy (non-hydrogen) atoms. The number of rotatable bonds is 16. The van der Waals surface area contributed by atoms with E-state index in [1.807, 2.05) is 6.92 Å². The molecular weight excluding hydrogens is 286 g/mol. The summed E-state index contributed by atoms with van der Waals surface area (Å²) in [7, 11) is 0. The third-order valence-corrected chi connectivity index (χ3v) is 4.61. The van der Waals surface area contributed by atoms with Gasteiger partial charge < -0.3 is 15.9 Å². The number of unbranched alkanes of at least 4 members (excludes halogenated alkanes) is 11. The number of hydrogen-bond donors (Lipinski definition) is 3. The molecule has 3 nitrogen and oxygen atoms in total. The Morgan fingerprint density at radius 2 is 1.39 bits per heavy atom. The maximum Gasteiger partial charge on any atom is 0.0899 e. The molecule has 0 saturated heterocycles. The van der Waals surface area contributed by atoms with Crippen LogP contribution in [0.15, 0.2) is 11.6 Å². The summed E-state index contributed by atoms with van der Waals surface area (Å²) in [6, 6.07) is -0.353. The minimum absolute atomic E-state index is 0.0319. The molecule has 0 heterocycles. The molecule has 0 radical (unpaired) electrons. The van der Waals surface area contributed by atoms with Crippen molar-refractivity contribution in [3.63, 3.8) is 0 Å². The molecule has 138 valence electrons. The second kappa shape index (κ2) is 16.5. The van der Waals surface area contributed by atoms with Crippen LogP contribution in [0.4, 0.5) is 0 Å². The van der Waals surface area contributed by atoms with E-state index in [9.17, 15) is 5.11 Å². The van der Waals surface area contributed by atoms with Crippen molar-refractivity contribution in [2.45, 2.75) is 109 Å². The highest BCUT2D eigenvalue weighted by Gasteiger charge is 2.15. The van der Waals surface area contributed by atoms with E-state index in [0.717, 1.165) is 12.0 Å². The van der Waals surface area contributed by atoms with Gasteiger partial charge in [-0.15, -0.1) is 0 Å². The number of hydrogen-bond acceptors (Lipinski definition) is 3. The molecule has 4 N–H and O–H groups in total. The third kappa shape index (κ3) is 13.7. The van der Waals surface area contributed by atoms with Crippen LogP contribution in [0.3, 0.4) is 0 Å². The molecule has 0 saturated carbocycles. The molecule has 0 amide bonds. The average Bonchev–Trinajstić information content (AvgIpc) is 2.55. The van der Waals surface area contributed by atoms with Crippen LogP contribution in [0.2, 0.25) is 0 Å². The van der Waals surface area contributed by atoms with Crippen LogP contribution in [0, 0.1) is 0 Å². The monoisotopic (exact) mass is 327 g/mol. The Labute approximate surface area is 144 Å². The quantitative estimate of drug-likeness (QED) is 0.284. The van der Waals surface area contributed by atoms with Crippen LogP contribution < -0.4 is 5.73 Å². The summed E-state index contributed by atoms with van der Waals surface area (Å²) < 4.78 is 0. The van der Waals surface area contributed by atoms with Crippen molar-refractivity contribution in [3.8, 4) is 0 Å². The minimum Gasteiger partial charge on any atom is -0.396 e. The number of aliphatic hydroxyl groups excluding tert-OH is 2. The second-order valence-electron chi connectivity index (χ2n) is 6.89. The molecule has 0 aromatic rings. The summed E-state index contributed by atoms with van der Waals surface area (Å²) in [5.41, 5.74) is 6.76. The SMILES string of the molecule is CCCCCCCCCCCCCC=C(C)[C@@H](O)[C@@H](N)CCO. The van der Waals surface area contributed by atoms with Gasteiger partial charge in [-0.3, -0.25) is 0 Å². The second-order valence-corrected chi connectivity index (χ2v) is 6.89. The van der Waals surface area contributed by atoms with Gasteiger partial charge in [-0.1, -0.05) is 77.2 Å². The van der Waals surface area contributed by atoms with Gasteiger partial charge in [0.2, 0.25) is 0 Å². The van der Waals surface area contributed by atoms with E-state index in [1.54, 1.807) is 0 Å². The normalized spacial score (nSPS) is 14.9. The molecule has 0 aliphatic heterocycles. The molecule has 0 fully saturated rings. The van der Waals surface area contributed by atoms with Crippen LogP contribution in [0.25, 0.3) is 0 Å². The molecule has 0 spiro atoms. The van der Waals surface area contributed by atoms with Gasteiger partial charge in [-0.25, -0.2) is 0 Å². The summed E-state index contributed by atoms with van der Waals surface area (Å²) in [5.74, 6) is 0. The fraction of sp³-hybridized carbons (Fsp3) is 0.900. The summed E-state index contributed by atoms with van der Waals surface area (Å²) in [6.45, 7) is 4.23. The number of allylic oxidation sites excluding steroid dienone is 1. The standard InChI is InChI=1S/C20H41NO2/c1-3-4-5-6-7-8-9-10-11-12-13-14-15-18(2)20(23)19(21)16-17-22/h15,19-20,22-23H,3-14,16-17,21H2,1-2H3/t19-,20+/m0/s1. The topological polar surface area (TPSA) is 66.5 Å². The zero-order chi connectivity index (χ0) is 17.3. The van der Waals surface area contributed by atoms with Crippen LogP contribution >= 0.6 is 0 Å². The summed E-state index contributed by atoms with van der Waals surface area (Å²) >= 11 is 0. The Kier molecular flexibility index (Phi) is 16.2. The largest absolute Gasteiger partial charge is 0.396 e. The van der Waals surface area contributed by atoms with Crippen molar-refractivity contribution < 1.29 is 10.2 Å². The van der Waals surface area contributed by atoms with Crippen LogP contribution in [0.5, 0.6) is 0 Å². The van der Waals surface area contributed by atoms with Gasteiger partial charge in [0.1, 0.15) is 0 Å². The first-order valence-corrected chi connectivity index (χ1v) is 9.84. The predicted molar refractivity (Wildman–Crippen MR) is 101 cm³/mol. The maximum atomic E-state index is 9.99. The number of aliphatic hydroxyl groups is 2. The van der Waals surface area contributed by atoms with Gasteiger partial charge in [-0.2, -0.15) is 0 Å². The van der Waals surface area contributed by atoms with Crippen molar-refractivity contribution in [1.29, 1.82) is 0 Å². The van der Waals surface area contributed by atoms with E-state index in [1.165, 1.54) is 70.6 Å². The predicted octanol–water partition coefficient (Wildman–Crippen LogP) is 4.70. The molecule has 0 aromatic carbocycles. The van der Waals surface area contributed by atoms with Crippen molar-refractivity contribution >= 4 is 0 Å². The van der Waals surface area contributed by atoms with E-state index in [2.05, 4.69) is 13.0 Å². The molecule has 0 aliphatic rings. The molecule has 0 aliphatic carbocycles. The molecule has 0 bridgehead atoms. The van der Waals surface area contributed by atoms with E-state index in [-0.39, 0.29) is 12.6 Å². The smallest absolute Gasteiger partial charge is 0.0899 e. The van der Waals surface area contributed by atoms with Gasteiger partial charge in [0.25, 0.3) is 0 Å². The van der Waals surface area contributed by atoms with Gasteiger partial charge in [-0.05, 0) is 31.8 Å². The van der Waals surface area contributed by atoms with E-state index < -0.39 is 6.10 Å². The van der Waals surface area contributed by atoms with Gasteiger partial charge in [0.05, 0.1) is 6.10 Å². The van der Waals surface area contributed by atoms with Crippen molar-refractivity contribution in [3.05, 3.63) is 11.6 Å². The molecular formula is C20H41NO2. The maximum absolute atomic E-state index is 9.99. The summed E-state index contributed by atoms with van der Waals surface area (Å²) in [4.78, 5) is 0. The highest BCUT2D eigenvalue weighted by Crippen LogP contribution is 2.13. The van der Waals surface area contributed by atoms with Crippen LogP contribution in [0.1, 0.15) is 97.3 Å². The molecule has 0 aromatic heterocycles. The van der Waals surface area contributed by atoms with Gasteiger partial charge >= 0.3 is 0 Å². The van der Waals surface area contributed by atoms with E-state index in [4.69, 9.17) is 10.8 Å². The lowest BCUT2D eigenvalue weighted by molar-refractivity contribution is 0.157. The zero-order valence-corrected chi connectivity index (χ0v) is 15.6. The Morgan fingerprint density at radius 3 is 1.87 bits per heavy atom. The third-order valence-electron chi connectivity index (χ3n) is 4.61.